The Kier molecular flexibility index (Phi) is 4.30. The summed E-state index contributed by atoms with van der Waals surface area (Å²) in [5, 5.41) is 10.7. The fourth-order valence-electron chi connectivity index (χ4n) is 3.10. The second-order valence-corrected chi connectivity index (χ2v) is 7.35. The van der Waals surface area contributed by atoms with Crippen molar-refractivity contribution in [1.29, 1.82) is 0 Å². The van der Waals surface area contributed by atoms with Crippen molar-refractivity contribution >= 4 is 16.9 Å². The fourth-order valence-corrected chi connectivity index (χ4v) is 3.10. The summed E-state index contributed by atoms with van der Waals surface area (Å²) >= 11 is 0. The number of aromatic hydroxyl groups is 1. The molecule has 0 radical (unpaired) electrons. The normalized spacial score (nSPS) is 18.0. The molecule has 1 unspecified atom stereocenters. The number of carbonyl (C=O) groups excluding carboxylic acids is 1. The maximum absolute atomic E-state index is 12.3. The van der Waals surface area contributed by atoms with Gasteiger partial charge in [-0.25, -0.2) is 4.79 Å². The summed E-state index contributed by atoms with van der Waals surface area (Å²) in [6.07, 6.45) is 1.03. The van der Waals surface area contributed by atoms with Crippen LogP contribution in [0.2, 0.25) is 0 Å². The molecule has 6 nitrogen and oxygen atoms in total. The van der Waals surface area contributed by atoms with Gasteiger partial charge in [-0.3, -0.25) is 4.79 Å². The van der Waals surface area contributed by atoms with Crippen molar-refractivity contribution in [1.82, 2.24) is 0 Å². The van der Waals surface area contributed by atoms with E-state index in [9.17, 15) is 14.7 Å². The lowest BCUT2D eigenvalue weighted by atomic mass is 9.89. The Morgan fingerprint density at radius 2 is 2.04 bits per heavy atom. The Balaban J connectivity index is 2.08. The molecule has 0 saturated carbocycles. The summed E-state index contributed by atoms with van der Waals surface area (Å²) in [6, 6.07) is 2.93. The summed E-state index contributed by atoms with van der Waals surface area (Å²) in [7, 11) is 0. The van der Waals surface area contributed by atoms with E-state index in [-0.39, 0.29) is 28.6 Å². The third-order valence-corrected chi connectivity index (χ3v) is 4.38. The predicted molar refractivity (Wildman–Crippen MR) is 96.6 cm³/mol. The molecule has 138 valence electrons. The van der Waals surface area contributed by atoms with Crippen molar-refractivity contribution in [3.8, 4) is 11.5 Å². The van der Waals surface area contributed by atoms with Gasteiger partial charge in [0.2, 0.25) is 0 Å². The van der Waals surface area contributed by atoms with E-state index in [1.165, 1.54) is 12.1 Å². The van der Waals surface area contributed by atoms with Crippen LogP contribution in [0.1, 0.15) is 39.0 Å². The number of aryl methyl sites for hydroxylation is 1. The first-order valence-corrected chi connectivity index (χ1v) is 8.42. The largest absolute Gasteiger partial charge is 0.507 e. The van der Waals surface area contributed by atoms with Crippen LogP contribution in [0, 0.1) is 6.92 Å². The van der Waals surface area contributed by atoms with Gasteiger partial charge in [0.05, 0.1) is 0 Å². The summed E-state index contributed by atoms with van der Waals surface area (Å²) in [6.45, 7) is 8.89. The van der Waals surface area contributed by atoms with Gasteiger partial charge >= 0.3 is 5.97 Å². The smallest absolute Gasteiger partial charge is 0.331 e. The first-order valence-electron chi connectivity index (χ1n) is 8.42. The van der Waals surface area contributed by atoms with Gasteiger partial charge in [-0.15, -0.1) is 0 Å². The molecular formula is C20H22O6. The second-order valence-electron chi connectivity index (χ2n) is 7.35. The van der Waals surface area contributed by atoms with Crippen LogP contribution in [0.5, 0.6) is 11.5 Å². The SMILES string of the molecule is CC(C)=CC(=O)OC1Cc2c(cc3oc(C)cc(=O)c3c2O)OC1(C)C. The molecule has 1 atom stereocenters. The molecule has 6 heteroatoms. The fraction of sp³-hybridized carbons (Fsp3) is 0.400. The van der Waals surface area contributed by atoms with Gasteiger partial charge in [-0.2, -0.15) is 0 Å². The van der Waals surface area contributed by atoms with Crippen LogP contribution in [-0.2, 0) is 16.0 Å². The summed E-state index contributed by atoms with van der Waals surface area (Å²) in [4.78, 5) is 24.3. The van der Waals surface area contributed by atoms with Crippen LogP contribution in [0.3, 0.4) is 0 Å². The van der Waals surface area contributed by atoms with Crippen molar-refractivity contribution in [3.63, 3.8) is 0 Å². The summed E-state index contributed by atoms with van der Waals surface area (Å²) < 4.78 is 17.1. The third-order valence-electron chi connectivity index (χ3n) is 4.38. The molecule has 0 fully saturated rings. The van der Waals surface area contributed by atoms with Gasteiger partial charge in [-0.05, 0) is 34.6 Å². The lowest BCUT2D eigenvalue weighted by Gasteiger charge is -2.39. The first-order chi connectivity index (χ1) is 12.1. The van der Waals surface area contributed by atoms with Crippen molar-refractivity contribution in [2.75, 3.05) is 0 Å². The average molecular weight is 358 g/mol. The highest BCUT2D eigenvalue weighted by Crippen LogP contribution is 2.42. The monoisotopic (exact) mass is 358 g/mol. The van der Waals surface area contributed by atoms with Gasteiger partial charge in [-0.1, -0.05) is 5.57 Å². The second kappa shape index (κ2) is 6.20. The minimum absolute atomic E-state index is 0.104. The first kappa shape index (κ1) is 18.0. The molecule has 1 aromatic heterocycles. The Hall–Kier alpha value is -2.76. The number of phenolic OH excluding ortho intramolecular Hbond substituents is 1. The number of carbonyl (C=O) groups is 1. The zero-order valence-corrected chi connectivity index (χ0v) is 15.5. The van der Waals surface area contributed by atoms with Crippen LogP contribution in [0.4, 0.5) is 0 Å². The third kappa shape index (κ3) is 3.19. The zero-order valence-electron chi connectivity index (χ0n) is 15.5. The zero-order chi connectivity index (χ0) is 19.2. The molecular weight excluding hydrogens is 336 g/mol. The van der Waals surface area contributed by atoms with Crippen molar-refractivity contribution < 1.29 is 23.8 Å². The number of ether oxygens (including phenoxy) is 2. The number of hydrogen-bond donors (Lipinski definition) is 1. The Morgan fingerprint density at radius 3 is 2.69 bits per heavy atom. The molecule has 0 spiro atoms. The molecule has 0 saturated heterocycles. The van der Waals surface area contributed by atoms with Crippen LogP contribution >= 0.6 is 0 Å². The van der Waals surface area contributed by atoms with Gasteiger partial charge in [0.15, 0.2) is 5.43 Å². The van der Waals surface area contributed by atoms with E-state index < -0.39 is 17.7 Å². The highest BCUT2D eigenvalue weighted by atomic mass is 16.6. The van der Waals surface area contributed by atoms with E-state index >= 15 is 0 Å². The maximum Gasteiger partial charge on any atom is 0.331 e. The molecule has 26 heavy (non-hydrogen) atoms. The number of rotatable bonds is 2. The quantitative estimate of drug-likeness (QED) is 0.654. The molecule has 1 aromatic carbocycles. The van der Waals surface area contributed by atoms with E-state index in [2.05, 4.69) is 0 Å². The molecule has 0 amide bonds. The molecule has 1 aliphatic heterocycles. The van der Waals surface area contributed by atoms with Gasteiger partial charge in [0.25, 0.3) is 0 Å². The van der Waals surface area contributed by atoms with Crippen molar-refractivity contribution in [2.45, 2.75) is 52.7 Å². The minimum Gasteiger partial charge on any atom is -0.507 e. The van der Waals surface area contributed by atoms with E-state index in [4.69, 9.17) is 13.9 Å². The summed E-state index contributed by atoms with van der Waals surface area (Å²) in [5.74, 6) is 0.212. The van der Waals surface area contributed by atoms with Gasteiger partial charge in [0, 0.05) is 30.2 Å². The summed E-state index contributed by atoms with van der Waals surface area (Å²) in [5.41, 5.74) is 0.395. The van der Waals surface area contributed by atoms with Gasteiger partial charge in [0.1, 0.15) is 39.9 Å². The molecule has 0 aliphatic carbocycles. The molecule has 0 bridgehead atoms. The maximum atomic E-state index is 12.3. The highest BCUT2D eigenvalue weighted by molar-refractivity contribution is 5.87. The van der Waals surface area contributed by atoms with Crippen molar-refractivity contribution in [3.05, 3.63) is 45.3 Å². The molecule has 2 heterocycles. The minimum atomic E-state index is -0.803. The molecule has 1 aliphatic rings. The Labute approximate surface area is 151 Å². The van der Waals surface area contributed by atoms with Gasteiger partial charge < -0.3 is 19.0 Å². The number of esters is 1. The standard InChI is InChI=1S/C20H22O6/c1-10(2)6-17(22)25-16-8-12-14(26-20(16,4)5)9-15-18(19(12)23)13(21)7-11(3)24-15/h6-7,9,16,23H,8H2,1-5H3. The van der Waals surface area contributed by atoms with E-state index in [0.29, 0.717) is 17.1 Å². The lowest BCUT2D eigenvalue weighted by molar-refractivity contribution is -0.155. The topological polar surface area (TPSA) is 86.0 Å². The van der Waals surface area contributed by atoms with E-state index in [1.54, 1.807) is 26.8 Å². The number of fused-ring (bicyclic) bond motifs is 2. The van der Waals surface area contributed by atoms with E-state index in [1.807, 2.05) is 13.8 Å². The Bertz CT molecular complexity index is 976. The van der Waals surface area contributed by atoms with Crippen molar-refractivity contribution in [2.24, 2.45) is 0 Å². The molecule has 1 N–H and O–H groups in total. The molecule has 2 aromatic rings. The highest BCUT2D eigenvalue weighted by Gasteiger charge is 2.41. The Morgan fingerprint density at radius 1 is 1.35 bits per heavy atom. The van der Waals surface area contributed by atoms with Crippen LogP contribution in [-0.4, -0.2) is 22.8 Å². The van der Waals surface area contributed by atoms with Crippen LogP contribution in [0.15, 0.2) is 33.0 Å². The van der Waals surface area contributed by atoms with Crippen LogP contribution in [0.25, 0.3) is 11.0 Å². The number of phenols is 1. The van der Waals surface area contributed by atoms with Crippen LogP contribution < -0.4 is 10.2 Å². The number of allylic oxidation sites excluding steroid dienone is 1. The predicted octanol–water partition coefficient (Wildman–Crippen LogP) is 3.40. The average Bonchev–Trinajstić information content (AvgIpc) is 2.46. The number of benzene rings is 1. The van der Waals surface area contributed by atoms with E-state index in [0.717, 1.165) is 5.57 Å². The lowest BCUT2D eigenvalue weighted by Crippen LogP contribution is -2.48. The molecule has 3 rings (SSSR count). The number of hydrogen-bond acceptors (Lipinski definition) is 6.